The first kappa shape index (κ1) is 17.8. The predicted octanol–water partition coefficient (Wildman–Crippen LogP) is 4.44. The molecule has 1 fully saturated rings. The molecule has 0 heterocycles. The van der Waals surface area contributed by atoms with E-state index in [1.54, 1.807) is 19.1 Å². The highest BCUT2D eigenvalue weighted by atomic mass is 19.4. The number of nitrogens with zero attached hydrogens (tertiary/aromatic N) is 1. The first-order valence-electron chi connectivity index (χ1n) is 7.91. The third-order valence-corrected chi connectivity index (χ3v) is 4.60. The van der Waals surface area contributed by atoms with Crippen LogP contribution in [0.5, 0.6) is 0 Å². The zero-order valence-corrected chi connectivity index (χ0v) is 13.1. The van der Waals surface area contributed by atoms with Crippen molar-refractivity contribution in [1.82, 2.24) is 4.90 Å². The summed E-state index contributed by atoms with van der Waals surface area (Å²) >= 11 is 0. The summed E-state index contributed by atoms with van der Waals surface area (Å²) in [7, 11) is 0. The molecule has 0 radical (unpaired) electrons. The summed E-state index contributed by atoms with van der Waals surface area (Å²) < 4.78 is 50.6. The second-order valence-electron chi connectivity index (χ2n) is 6.05. The molecule has 0 aliphatic heterocycles. The van der Waals surface area contributed by atoms with Gasteiger partial charge in [-0.25, -0.2) is 4.39 Å². The second kappa shape index (κ2) is 6.89. The topological polar surface area (TPSA) is 20.3 Å². The van der Waals surface area contributed by atoms with Gasteiger partial charge in [0.25, 0.3) is 0 Å². The minimum Gasteiger partial charge on any atom is -0.342 e. The lowest BCUT2D eigenvalue weighted by molar-refractivity contribution is -0.148. The minimum atomic E-state index is -4.29. The van der Waals surface area contributed by atoms with Crippen LogP contribution in [0.4, 0.5) is 17.6 Å². The summed E-state index contributed by atoms with van der Waals surface area (Å²) in [5.41, 5.74) is -0.109. The molecule has 0 unspecified atom stereocenters. The Morgan fingerprint density at radius 1 is 1.17 bits per heavy atom. The van der Waals surface area contributed by atoms with Gasteiger partial charge in [0.2, 0.25) is 5.91 Å². The number of alkyl halides is 3. The summed E-state index contributed by atoms with van der Waals surface area (Å²) in [4.78, 5) is 14.2. The number of carbonyl (C=O) groups is 1. The molecule has 0 bridgehead atoms. The summed E-state index contributed by atoms with van der Waals surface area (Å²) in [5, 5.41) is 0. The molecule has 128 valence electrons. The zero-order valence-electron chi connectivity index (χ0n) is 13.1. The van der Waals surface area contributed by atoms with E-state index in [1.807, 2.05) is 0 Å². The normalized spacial score (nSPS) is 17.3. The maximum absolute atomic E-state index is 13.2. The summed E-state index contributed by atoms with van der Waals surface area (Å²) in [6.07, 6.45) is -2.40. The number of carbonyl (C=O) groups excluding carboxylic acids is 1. The molecule has 1 aliphatic rings. The van der Waals surface area contributed by atoms with Gasteiger partial charge < -0.3 is 4.90 Å². The van der Waals surface area contributed by atoms with E-state index >= 15 is 0 Å². The smallest absolute Gasteiger partial charge is 0.342 e. The molecular formula is C17H21F4NO. The van der Waals surface area contributed by atoms with Crippen LogP contribution in [-0.2, 0) is 10.2 Å². The highest BCUT2D eigenvalue weighted by Crippen LogP contribution is 2.42. The fourth-order valence-corrected chi connectivity index (χ4v) is 3.34. The van der Waals surface area contributed by atoms with Gasteiger partial charge in [-0.15, -0.1) is 0 Å². The number of rotatable bonds is 5. The first-order chi connectivity index (χ1) is 10.8. The van der Waals surface area contributed by atoms with Crippen molar-refractivity contribution in [3.8, 4) is 0 Å². The maximum atomic E-state index is 13.2. The third kappa shape index (κ3) is 4.03. The number of halogens is 4. The molecule has 1 amide bonds. The van der Waals surface area contributed by atoms with Crippen molar-refractivity contribution in [1.29, 1.82) is 0 Å². The zero-order chi connectivity index (χ0) is 17.1. The van der Waals surface area contributed by atoms with E-state index in [0.717, 1.165) is 12.8 Å². The maximum Gasteiger partial charge on any atom is 0.390 e. The molecule has 0 N–H and O–H groups in total. The van der Waals surface area contributed by atoms with Crippen molar-refractivity contribution >= 4 is 5.91 Å². The van der Waals surface area contributed by atoms with Crippen LogP contribution in [0.1, 0.15) is 44.6 Å². The van der Waals surface area contributed by atoms with Gasteiger partial charge in [-0.05, 0) is 37.5 Å². The van der Waals surface area contributed by atoms with Gasteiger partial charge in [0.15, 0.2) is 0 Å². The number of hydrogen-bond acceptors (Lipinski definition) is 1. The fraction of sp³-hybridized carbons (Fsp3) is 0.588. The number of benzene rings is 1. The van der Waals surface area contributed by atoms with Crippen LogP contribution in [0.3, 0.4) is 0 Å². The standard InChI is InChI=1S/C17H21F4NO/c1-2-22(12-11-17(19,20)21)15(23)16(9-3-4-10-16)13-5-7-14(18)8-6-13/h5-8H,2-4,9-12H2,1H3. The van der Waals surface area contributed by atoms with Crippen LogP contribution in [0.25, 0.3) is 0 Å². The SMILES string of the molecule is CCN(CCC(F)(F)F)C(=O)C1(c2ccc(F)cc2)CCCC1. The highest BCUT2D eigenvalue weighted by molar-refractivity contribution is 5.88. The lowest BCUT2D eigenvalue weighted by atomic mass is 9.77. The molecule has 0 spiro atoms. The highest BCUT2D eigenvalue weighted by Gasteiger charge is 2.45. The van der Waals surface area contributed by atoms with E-state index in [0.29, 0.717) is 18.4 Å². The molecule has 2 nitrogen and oxygen atoms in total. The predicted molar refractivity (Wildman–Crippen MR) is 79.5 cm³/mol. The Labute approximate surface area is 133 Å². The van der Waals surface area contributed by atoms with Gasteiger partial charge in [0.1, 0.15) is 5.82 Å². The van der Waals surface area contributed by atoms with Crippen molar-refractivity contribution in [2.75, 3.05) is 13.1 Å². The minimum absolute atomic E-state index is 0.234. The molecule has 1 aliphatic carbocycles. The summed E-state index contributed by atoms with van der Waals surface area (Å²) in [5.74, 6) is -0.660. The Bertz CT molecular complexity index is 533. The molecule has 2 rings (SSSR count). The molecule has 0 aromatic heterocycles. The third-order valence-electron chi connectivity index (χ3n) is 4.60. The van der Waals surface area contributed by atoms with E-state index in [9.17, 15) is 22.4 Å². The van der Waals surface area contributed by atoms with Gasteiger partial charge in [0, 0.05) is 13.1 Å². The van der Waals surface area contributed by atoms with Crippen molar-refractivity contribution in [3.63, 3.8) is 0 Å². The molecule has 1 saturated carbocycles. The van der Waals surface area contributed by atoms with E-state index in [-0.39, 0.29) is 19.0 Å². The van der Waals surface area contributed by atoms with Gasteiger partial charge >= 0.3 is 6.18 Å². The average molecular weight is 331 g/mol. The Kier molecular flexibility index (Phi) is 5.32. The monoisotopic (exact) mass is 331 g/mol. The quantitative estimate of drug-likeness (QED) is 0.731. The Morgan fingerprint density at radius 2 is 1.74 bits per heavy atom. The van der Waals surface area contributed by atoms with Crippen molar-refractivity contribution in [2.24, 2.45) is 0 Å². The van der Waals surface area contributed by atoms with E-state index in [1.165, 1.54) is 17.0 Å². The summed E-state index contributed by atoms with van der Waals surface area (Å²) in [6.45, 7) is 1.58. The largest absolute Gasteiger partial charge is 0.390 e. The second-order valence-corrected chi connectivity index (χ2v) is 6.05. The molecule has 1 aromatic rings. The molecule has 0 saturated heterocycles. The number of likely N-dealkylation sites (N-methyl/N-ethyl adjacent to an activating group) is 1. The number of amides is 1. The molecule has 6 heteroatoms. The molecular weight excluding hydrogens is 310 g/mol. The van der Waals surface area contributed by atoms with Crippen LogP contribution in [0.15, 0.2) is 24.3 Å². The van der Waals surface area contributed by atoms with Crippen LogP contribution < -0.4 is 0 Å². The van der Waals surface area contributed by atoms with E-state index < -0.39 is 23.8 Å². The molecule has 1 aromatic carbocycles. The van der Waals surface area contributed by atoms with E-state index in [2.05, 4.69) is 0 Å². The van der Waals surface area contributed by atoms with Crippen LogP contribution in [-0.4, -0.2) is 30.1 Å². The van der Waals surface area contributed by atoms with Gasteiger partial charge in [-0.3, -0.25) is 4.79 Å². The van der Waals surface area contributed by atoms with E-state index in [4.69, 9.17) is 0 Å². The van der Waals surface area contributed by atoms with Crippen LogP contribution >= 0.6 is 0 Å². The van der Waals surface area contributed by atoms with Crippen molar-refractivity contribution in [3.05, 3.63) is 35.6 Å². The van der Waals surface area contributed by atoms with Gasteiger partial charge in [-0.1, -0.05) is 25.0 Å². The first-order valence-corrected chi connectivity index (χ1v) is 7.91. The Morgan fingerprint density at radius 3 is 2.22 bits per heavy atom. The Hall–Kier alpha value is -1.59. The van der Waals surface area contributed by atoms with Crippen LogP contribution in [0.2, 0.25) is 0 Å². The molecule has 0 atom stereocenters. The van der Waals surface area contributed by atoms with Gasteiger partial charge in [-0.2, -0.15) is 13.2 Å². The van der Waals surface area contributed by atoms with Gasteiger partial charge in [0.05, 0.1) is 11.8 Å². The molecule has 23 heavy (non-hydrogen) atoms. The Balaban J connectivity index is 2.25. The average Bonchev–Trinajstić information content (AvgIpc) is 2.98. The van der Waals surface area contributed by atoms with Crippen molar-refractivity contribution < 1.29 is 22.4 Å². The lowest BCUT2D eigenvalue weighted by Gasteiger charge is -2.34. The summed E-state index contributed by atoms with van der Waals surface area (Å²) in [6, 6.07) is 5.76. The fourth-order valence-electron chi connectivity index (χ4n) is 3.34. The lowest BCUT2D eigenvalue weighted by Crippen LogP contribution is -2.46. The van der Waals surface area contributed by atoms with Crippen molar-refractivity contribution in [2.45, 2.75) is 50.6 Å². The van der Waals surface area contributed by atoms with Crippen LogP contribution in [0, 0.1) is 5.82 Å². The number of hydrogen-bond donors (Lipinski definition) is 0.